The van der Waals surface area contributed by atoms with Gasteiger partial charge in [-0.3, -0.25) is 14.4 Å². The Morgan fingerprint density at radius 1 is 1.31 bits per heavy atom. The van der Waals surface area contributed by atoms with Gasteiger partial charge >= 0.3 is 5.97 Å². The van der Waals surface area contributed by atoms with Crippen molar-refractivity contribution in [3.8, 4) is 0 Å². The summed E-state index contributed by atoms with van der Waals surface area (Å²) in [6, 6.07) is 0. The van der Waals surface area contributed by atoms with E-state index in [9.17, 15) is 14.4 Å². The molecule has 2 heterocycles. The lowest BCUT2D eigenvalue weighted by molar-refractivity contribution is -0.148. The van der Waals surface area contributed by atoms with E-state index in [0.717, 1.165) is 19.4 Å². The lowest BCUT2D eigenvalue weighted by atomic mass is 10.1. The molecule has 1 atom stereocenters. The van der Waals surface area contributed by atoms with Gasteiger partial charge in [-0.05, 0) is 12.8 Å². The van der Waals surface area contributed by atoms with E-state index in [1.807, 2.05) is 0 Å². The minimum Gasteiger partial charge on any atom is -0.468 e. The second kappa shape index (κ2) is 6.09. The monoisotopic (exact) mass is 228 g/mol. The number of hydrogen-bond donors (Lipinski definition) is 2. The fourth-order valence-electron chi connectivity index (χ4n) is 1.53. The molecule has 0 spiro atoms. The number of ether oxygens (including phenoxy) is 1. The lowest BCUT2D eigenvalue weighted by Crippen LogP contribution is -2.25. The predicted octanol–water partition coefficient (Wildman–Crippen LogP) is -0.808. The molecule has 0 aromatic rings. The number of nitrogens with one attached hydrogen (secondary N) is 2. The Bertz CT molecular complexity index is 283. The van der Waals surface area contributed by atoms with E-state index in [0.29, 0.717) is 13.0 Å². The average Bonchev–Trinajstić information content (AvgIpc) is 2.89. The van der Waals surface area contributed by atoms with Gasteiger partial charge in [-0.2, -0.15) is 0 Å². The lowest BCUT2D eigenvalue weighted by Gasteiger charge is -2.01. The van der Waals surface area contributed by atoms with Crippen LogP contribution in [0.4, 0.5) is 0 Å². The number of amides is 2. The van der Waals surface area contributed by atoms with Crippen molar-refractivity contribution in [2.45, 2.75) is 19.3 Å². The van der Waals surface area contributed by atoms with Crippen molar-refractivity contribution in [1.29, 1.82) is 0 Å². The molecule has 6 nitrogen and oxygen atoms in total. The van der Waals surface area contributed by atoms with Crippen LogP contribution in [0.15, 0.2) is 0 Å². The maximum Gasteiger partial charge on any atom is 0.318 e. The first-order valence-electron chi connectivity index (χ1n) is 5.27. The Balaban J connectivity index is 0.000000181. The first-order valence-corrected chi connectivity index (χ1v) is 5.27. The van der Waals surface area contributed by atoms with Gasteiger partial charge in [0.1, 0.15) is 5.92 Å². The van der Waals surface area contributed by atoms with Crippen LogP contribution in [0.3, 0.4) is 0 Å². The van der Waals surface area contributed by atoms with E-state index in [4.69, 9.17) is 0 Å². The van der Waals surface area contributed by atoms with Gasteiger partial charge in [-0.15, -0.1) is 0 Å². The van der Waals surface area contributed by atoms with Crippen LogP contribution < -0.4 is 10.6 Å². The van der Waals surface area contributed by atoms with Crippen molar-refractivity contribution in [2.75, 3.05) is 20.2 Å². The summed E-state index contributed by atoms with van der Waals surface area (Å²) in [5.41, 5.74) is 0. The highest BCUT2D eigenvalue weighted by Crippen LogP contribution is 2.09. The molecule has 0 radical (unpaired) electrons. The van der Waals surface area contributed by atoms with Crippen LogP contribution in [-0.2, 0) is 19.1 Å². The summed E-state index contributed by atoms with van der Waals surface area (Å²) >= 11 is 0. The average molecular weight is 228 g/mol. The van der Waals surface area contributed by atoms with Gasteiger partial charge in [0.2, 0.25) is 11.8 Å². The molecule has 2 aliphatic rings. The summed E-state index contributed by atoms with van der Waals surface area (Å²) in [7, 11) is 1.29. The molecule has 2 N–H and O–H groups in total. The molecule has 0 bridgehead atoms. The van der Waals surface area contributed by atoms with E-state index >= 15 is 0 Å². The van der Waals surface area contributed by atoms with Crippen molar-refractivity contribution >= 4 is 17.8 Å². The maximum absolute atomic E-state index is 10.8. The molecular weight excluding hydrogens is 212 g/mol. The zero-order valence-electron chi connectivity index (χ0n) is 9.25. The van der Waals surface area contributed by atoms with Crippen molar-refractivity contribution in [3.63, 3.8) is 0 Å². The minimum absolute atomic E-state index is 0.204. The fraction of sp³-hybridized carbons (Fsp3) is 0.700. The number of rotatable bonds is 1. The normalized spacial score (nSPS) is 22.9. The summed E-state index contributed by atoms with van der Waals surface area (Å²) in [6.07, 6.45) is 2.32. The molecule has 2 rings (SSSR count). The van der Waals surface area contributed by atoms with Crippen LogP contribution in [0.1, 0.15) is 19.3 Å². The molecule has 2 amide bonds. The Labute approximate surface area is 93.7 Å². The number of methoxy groups -OCH3 is 1. The van der Waals surface area contributed by atoms with Crippen molar-refractivity contribution in [1.82, 2.24) is 10.6 Å². The van der Waals surface area contributed by atoms with Crippen LogP contribution in [0.2, 0.25) is 0 Å². The Kier molecular flexibility index (Phi) is 4.75. The first kappa shape index (κ1) is 12.5. The second-order valence-corrected chi connectivity index (χ2v) is 3.61. The zero-order chi connectivity index (χ0) is 12.0. The summed E-state index contributed by atoms with van der Waals surface area (Å²) in [5.74, 6) is -1.01. The fourth-order valence-corrected chi connectivity index (χ4v) is 1.53. The molecule has 90 valence electrons. The summed E-state index contributed by atoms with van der Waals surface area (Å²) in [4.78, 5) is 31.6. The molecule has 2 fully saturated rings. The Morgan fingerprint density at radius 3 is 2.38 bits per heavy atom. The number of carbonyl (C=O) groups is 3. The second-order valence-electron chi connectivity index (χ2n) is 3.61. The van der Waals surface area contributed by atoms with Crippen LogP contribution in [0.5, 0.6) is 0 Å². The SMILES string of the molecule is COC(=O)C1CCNC1=O.O=C1CCCN1. The van der Waals surface area contributed by atoms with Gasteiger partial charge in [0.15, 0.2) is 0 Å². The van der Waals surface area contributed by atoms with E-state index in [1.54, 1.807) is 0 Å². The quantitative estimate of drug-likeness (QED) is 0.454. The van der Waals surface area contributed by atoms with E-state index in [2.05, 4.69) is 15.4 Å². The van der Waals surface area contributed by atoms with Crippen molar-refractivity contribution in [3.05, 3.63) is 0 Å². The zero-order valence-corrected chi connectivity index (χ0v) is 9.25. The van der Waals surface area contributed by atoms with Crippen LogP contribution in [-0.4, -0.2) is 38.0 Å². The molecule has 0 saturated carbocycles. The van der Waals surface area contributed by atoms with Gasteiger partial charge in [-0.25, -0.2) is 0 Å². The van der Waals surface area contributed by atoms with Gasteiger partial charge in [0.05, 0.1) is 7.11 Å². The summed E-state index contributed by atoms with van der Waals surface area (Å²) in [5, 5.41) is 5.23. The first-order chi connectivity index (χ1) is 7.65. The molecule has 2 saturated heterocycles. The maximum atomic E-state index is 10.8. The van der Waals surface area contributed by atoms with Crippen LogP contribution >= 0.6 is 0 Å². The molecule has 2 aliphatic heterocycles. The number of carbonyl (C=O) groups excluding carboxylic acids is 3. The molecule has 0 aliphatic carbocycles. The Hall–Kier alpha value is -1.59. The molecule has 0 aromatic carbocycles. The minimum atomic E-state index is -0.565. The van der Waals surface area contributed by atoms with E-state index in [-0.39, 0.29) is 11.8 Å². The van der Waals surface area contributed by atoms with E-state index < -0.39 is 11.9 Å². The smallest absolute Gasteiger partial charge is 0.318 e. The Morgan fingerprint density at radius 2 is 2.06 bits per heavy atom. The largest absolute Gasteiger partial charge is 0.468 e. The van der Waals surface area contributed by atoms with Gasteiger partial charge in [0, 0.05) is 19.5 Å². The van der Waals surface area contributed by atoms with Crippen LogP contribution in [0.25, 0.3) is 0 Å². The molecule has 16 heavy (non-hydrogen) atoms. The highest BCUT2D eigenvalue weighted by molar-refractivity contribution is 5.99. The number of esters is 1. The predicted molar refractivity (Wildman–Crippen MR) is 55.4 cm³/mol. The third kappa shape index (κ3) is 3.52. The summed E-state index contributed by atoms with van der Waals surface area (Å²) in [6.45, 7) is 1.47. The van der Waals surface area contributed by atoms with Crippen LogP contribution in [0, 0.1) is 5.92 Å². The van der Waals surface area contributed by atoms with Crippen molar-refractivity contribution < 1.29 is 19.1 Å². The van der Waals surface area contributed by atoms with Gasteiger partial charge in [0.25, 0.3) is 0 Å². The molecular formula is C10H16N2O4. The highest BCUT2D eigenvalue weighted by Gasteiger charge is 2.31. The van der Waals surface area contributed by atoms with Gasteiger partial charge < -0.3 is 15.4 Å². The third-order valence-corrected chi connectivity index (χ3v) is 2.44. The number of hydrogen-bond acceptors (Lipinski definition) is 4. The molecule has 6 heteroatoms. The van der Waals surface area contributed by atoms with E-state index in [1.165, 1.54) is 7.11 Å². The topological polar surface area (TPSA) is 84.5 Å². The molecule has 0 aromatic heterocycles. The van der Waals surface area contributed by atoms with Crippen molar-refractivity contribution in [2.24, 2.45) is 5.92 Å². The molecule has 1 unspecified atom stereocenters. The standard InChI is InChI=1S/C6H9NO3.C4H7NO/c1-10-6(9)4-2-3-7-5(4)8;6-4-2-1-3-5-4/h4H,2-3H2,1H3,(H,7,8);1-3H2,(H,5,6). The highest BCUT2D eigenvalue weighted by atomic mass is 16.5. The summed E-state index contributed by atoms with van der Waals surface area (Å²) < 4.78 is 4.40. The third-order valence-electron chi connectivity index (χ3n) is 2.44. The van der Waals surface area contributed by atoms with Gasteiger partial charge in [-0.1, -0.05) is 0 Å².